The zero-order chi connectivity index (χ0) is 20.6. The first-order chi connectivity index (χ1) is 14.1. The van der Waals surface area contributed by atoms with E-state index in [2.05, 4.69) is 32.0 Å². The summed E-state index contributed by atoms with van der Waals surface area (Å²) in [7, 11) is 0. The van der Waals surface area contributed by atoms with E-state index in [4.69, 9.17) is 4.74 Å². The van der Waals surface area contributed by atoms with Gasteiger partial charge in [0.2, 0.25) is 5.91 Å². The molecule has 3 rings (SSSR count). The van der Waals surface area contributed by atoms with E-state index in [9.17, 15) is 4.79 Å². The third-order valence-corrected chi connectivity index (χ3v) is 5.27. The average molecular weight is 412 g/mol. The third kappa shape index (κ3) is 5.35. The lowest BCUT2D eigenvalue weighted by molar-refractivity contribution is -0.115. The van der Waals surface area contributed by atoms with Crippen molar-refractivity contribution in [3.63, 3.8) is 0 Å². The number of carbonyl (C=O) groups excluding carboxylic acids is 1. The number of anilines is 1. The van der Waals surface area contributed by atoms with E-state index in [1.807, 2.05) is 50.2 Å². The Hall–Kier alpha value is -2.87. The first-order valence-electron chi connectivity index (χ1n) is 9.66. The summed E-state index contributed by atoms with van der Waals surface area (Å²) in [5, 5.41) is 12.0. The predicted molar refractivity (Wildman–Crippen MR) is 115 cm³/mol. The Morgan fingerprint density at radius 3 is 2.52 bits per heavy atom. The van der Waals surface area contributed by atoms with Crippen LogP contribution in [0.15, 0.2) is 53.9 Å². The van der Waals surface area contributed by atoms with Gasteiger partial charge in [-0.3, -0.25) is 9.78 Å². The van der Waals surface area contributed by atoms with Crippen molar-refractivity contribution in [3.05, 3.63) is 48.8 Å². The van der Waals surface area contributed by atoms with Crippen molar-refractivity contribution in [2.75, 3.05) is 11.9 Å². The van der Waals surface area contributed by atoms with Gasteiger partial charge in [-0.25, -0.2) is 0 Å². The van der Waals surface area contributed by atoms with E-state index >= 15 is 0 Å². The molecule has 0 spiro atoms. The molecular weight excluding hydrogens is 386 g/mol. The molecule has 0 saturated carbocycles. The number of nitrogens with one attached hydrogen (secondary N) is 1. The number of pyridine rings is 1. The highest BCUT2D eigenvalue weighted by atomic mass is 32.2. The maximum absolute atomic E-state index is 12.6. The Bertz CT molecular complexity index is 928. The second kappa shape index (κ2) is 10.1. The van der Waals surface area contributed by atoms with Gasteiger partial charge in [-0.2, -0.15) is 0 Å². The van der Waals surface area contributed by atoms with E-state index in [1.165, 1.54) is 11.8 Å². The van der Waals surface area contributed by atoms with Crippen molar-refractivity contribution in [2.45, 2.75) is 44.1 Å². The molecule has 0 aliphatic heterocycles. The Labute approximate surface area is 174 Å². The summed E-state index contributed by atoms with van der Waals surface area (Å²) < 4.78 is 7.48. The van der Waals surface area contributed by atoms with E-state index < -0.39 is 0 Å². The van der Waals surface area contributed by atoms with Crippen LogP contribution in [-0.2, 0) is 11.3 Å². The SMILES string of the molecule is CCCn1c(S[C@@H](C)C(=O)Nc2ccc(OCC)cc2)nnc1-c1ccncc1. The summed E-state index contributed by atoms with van der Waals surface area (Å²) in [4.78, 5) is 16.7. The fourth-order valence-electron chi connectivity index (χ4n) is 2.77. The van der Waals surface area contributed by atoms with Crippen LogP contribution in [0.25, 0.3) is 11.4 Å². The van der Waals surface area contributed by atoms with Gasteiger partial charge in [0.05, 0.1) is 11.9 Å². The van der Waals surface area contributed by atoms with Gasteiger partial charge in [-0.15, -0.1) is 10.2 Å². The monoisotopic (exact) mass is 411 g/mol. The lowest BCUT2D eigenvalue weighted by atomic mass is 10.2. The van der Waals surface area contributed by atoms with Crippen molar-refractivity contribution < 1.29 is 9.53 Å². The number of aromatic nitrogens is 4. The zero-order valence-corrected chi connectivity index (χ0v) is 17.6. The molecule has 2 aromatic heterocycles. The molecule has 0 fully saturated rings. The van der Waals surface area contributed by atoms with Crippen LogP contribution in [0.2, 0.25) is 0 Å². The maximum Gasteiger partial charge on any atom is 0.237 e. The van der Waals surface area contributed by atoms with Gasteiger partial charge in [-0.1, -0.05) is 18.7 Å². The molecular formula is C21H25N5O2S. The van der Waals surface area contributed by atoms with Crippen LogP contribution in [0.4, 0.5) is 5.69 Å². The van der Waals surface area contributed by atoms with E-state index in [0.29, 0.717) is 6.61 Å². The molecule has 0 saturated heterocycles. The topological polar surface area (TPSA) is 81.9 Å². The van der Waals surface area contributed by atoms with Crippen LogP contribution in [0, 0.1) is 0 Å². The second-order valence-electron chi connectivity index (χ2n) is 6.40. The van der Waals surface area contributed by atoms with Crippen LogP contribution in [0.3, 0.4) is 0 Å². The number of hydrogen-bond acceptors (Lipinski definition) is 6. The van der Waals surface area contributed by atoms with Crippen molar-refractivity contribution in [3.8, 4) is 17.1 Å². The van der Waals surface area contributed by atoms with E-state index in [1.54, 1.807) is 12.4 Å². The van der Waals surface area contributed by atoms with Crippen molar-refractivity contribution >= 4 is 23.4 Å². The molecule has 1 aromatic carbocycles. The zero-order valence-electron chi connectivity index (χ0n) is 16.8. The average Bonchev–Trinajstić information content (AvgIpc) is 3.13. The van der Waals surface area contributed by atoms with Crippen molar-refractivity contribution in [1.29, 1.82) is 0 Å². The molecule has 8 heteroatoms. The summed E-state index contributed by atoms with van der Waals surface area (Å²) in [6.07, 6.45) is 4.41. The van der Waals surface area contributed by atoms with E-state index in [0.717, 1.165) is 40.9 Å². The Balaban J connectivity index is 1.70. The fraction of sp³-hybridized carbons (Fsp3) is 0.333. The molecule has 0 bridgehead atoms. The van der Waals surface area contributed by atoms with Gasteiger partial charge in [-0.05, 0) is 56.7 Å². The smallest absolute Gasteiger partial charge is 0.237 e. The molecule has 0 radical (unpaired) electrons. The summed E-state index contributed by atoms with van der Waals surface area (Å²) in [5.41, 5.74) is 1.69. The normalized spacial score (nSPS) is 11.8. The number of ether oxygens (including phenoxy) is 1. The minimum Gasteiger partial charge on any atom is -0.494 e. The molecule has 1 amide bonds. The van der Waals surface area contributed by atoms with Crippen LogP contribution < -0.4 is 10.1 Å². The minimum atomic E-state index is -0.327. The molecule has 152 valence electrons. The highest BCUT2D eigenvalue weighted by Gasteiger charge is 2.20. The first-order valence-corrected chi connectivity index (χ1v) is 10.5. The van der Waals surface area contributed by atoms with Crippen LogP contribution in [0.1, 0.15) is 27.2 Å². The fourth-order valence-corrected chi connectivity index (χ4v) is 3.65. The highest BCUT2D eigenvalue weighted by molar-refractivity contribution is 8.00. The van der Waals surface area contributed by atoms with Crippen molar-refractivity contribution in [1.82, 2.24) is 19.7 Å². The number of nitrogens with zero attached hydrogens (tertiary/aromatic N) is 4. The number of rotatable bonds is 9. The lowest BCUT2D eigenvalue weighted by Gasteiger charge is -2.13. The predicted octanol–water partition coefficient (Wildman–Crippen LogP) is 4.27. The second-order valence-corrected chi connectivity index (χ2v) is 7.71. The number of benzene rings is 1. The molecule has 0 unspecified atom stereocenters. The molecule has 1 N–H and O–H groups in total. The Morgan fingerprint density at radius 2 is 1.86 bits per heavy atom. The number of thioether (sulfide) groups is 1. The molecule has 1 atom stereocenters. The molecule has 3 aromatic rings. The number of hydrogen-bond donors (Lipinski definition) is 1. The number of amides is 1. The summed E-state index contributed by atoms with van der Waals surface area (Å²) in [5.74, 6) is 1.48. The van der Waals surface area contributed by atoms with Crippen LogP contribution >= 0.6 is 11.8 Å². The van der Waals surface area contributed by atoms with Gasteiger partial charge in [0.25, 0.3) is 0 Å². The standard InChI is InChI=1S/C21H25N5O2S/c1-4-14-26-19(16-10-12-22-13-11-16)24-25-21(26)29-15(3)20(27)23-17-6-8-18(9-7-17)28-5-2/h6-13,15H,4-5,14H2,1-3H3,(H,23,27)/t15-/m0/s1. The molecule has 2 heterocycles. The van der Waals surface area contributed by atoms with Gasteiger partial charge >= 0.3 is 0 Å². The molecule has 7 nitrogen and oxygen atoms in total. The maximum atomic E-state index is 12.6. The highest BCUT2D eigenvalue weighted by Crippen LogP contribution is 2.27. The van der Waals surface area contributed by atoms with E-state index in [-0.39, 0.29) is 11.2 Å². The lowest BCUT2D eigenvalue weighted by Crippen LogP contribution is -2.23. The summed E-state index contributed by atoms with van der Waals surface area (Å²) >= 11 is 1.40. The largest absolute Gasteiger partial charge is 0.494 e. The molecule has 0 aliphatic carbocycles. The van der Waals surface area contributed by atoms with Gasteiger partial charge in [0, 0.05) is 30.2 Å². The minimum absolute atomic E-state index is 0.0873. The summed E-state index contributed by atoms with van der Waals surface area (Å²) in [6.45, 7) is 7.30. The van der Waals surface area contributed by atoms with Gasteiger partial charge in [0.15, 0.2) is 11.0 Å². The first kappa shape index (κ1) is 20.9. The van der Waals surface area contributed by atoms with Crippen LogP contribution in [0.5, 0.6) is 5.75 Å². The summed E-state index contributed by atoms with van der Waals surface area (Å²) in [6, 6.07) is 11.2. The van der Waals surface area contributed by atoms with Crippen molar-refractivity contribution in [2.24, 2.45) is 0 Å². The number of carbonyl (C=O) groups is 1. The van der Waals surface area contributed by atoms with Crippen LogP contribution in [-0.4, -0.2) is 37.5 Å². The molecule has 0 aliphatic rings. The third-order valence-electron chi connectivity index (χ3n) is 4.19. The van der Waals surface area contributed by atoms with Gasteiger partial charge < -0.3 is 14.6 Å². The Kier molecular flexibility index (Phi) is 7.24. The molecule has 29 heavy (non-hydrogen) atoms. The quantitative estimate of drug-likeness (QED) is 0.530. The Morgan fingerprint density at radius 1 is 1.14 bits per heavy atom. The van der Waals surface area contributed by atoms with Gasteiger partial charge in [0.1, 0.15) is 5.75 Å².